The molecule has 1 aromatic heterocycles. The number of rotatable bonds is 3. The monoisotopic (exact) mass is 501 g/mol. The van der Waals surface area contributed by atoms with Crippen LogP contribution in [0.4, 0.5) is 13.2 Å². The third-order valence-corrected chi connectivity index (χ3v) is 7.73. The molecule has 1 N–H and O–H groups in total. The Hall–Kier alpha value is -3.40. The van der Waals surface area contributed by atoms with Gasteiger partial charge in [0.05, 0.1) is 12.1 Å². The van der Waals surface area contributed by atoms with Crippen molar-refractivity contribution in [3.8, 4) is 5.75 Å². The lowest BCUT2D eigenvalue weighted by molar-refractivity contribution is -0.0548. The smallest absolute Gasteiger partial charge is 0.278 e. The Balaban J connectivity index is 1.79. The number of amides is 1. The summed E-state index contributed by atoms with van der Waals surface area (Å²) >= 11 is 1.57. The highest BCUT2D eigenvalue weighted by atomic mass is 32.2. The van der Waals surface area contributed by atoms with Crippen LogP contribution in [-0.2, 0) is 5.75 Å². The largest absolute Gasteiger partial charge is 0.502 e. The third kappa shape index (κ3) is 3.85. The Kier molecular flexibility index (Phi) is 5.58. The van der Waals surface area contributed by atoms with E-state index in [1.54, 1.807) is 22.8 Å². The van der Waals surface area contributed by atoms with Gasteiger partial charge in [-0.1, -0.05) is 24.3 Å². The van der Waals surface area contributed by atoms with E-state index in [2.05, 4.69) is 0 Å². The number of aromatic hydroxyl groups is 1. The Labute approximate surface area is 203 Å². The molecule has 0 spiro atoms. The third-order valence-electron chi connectivity index (χ3n) is 6.59. The average Bonchev–Trinajstić information content (AvgIpc) is 2.97. The molecule has 2 atom stereocenters. The number of carbonyl (C=O) groups excluding carboxylic acids is 1. The van der Waals surface area contributed by atoms with Gasteiger partial charge in [0.1, 0.15) is 12.5 Å². The first-order valence-corrected chi connectivity index (χ1v) is 12.0. The van der Waals surface area contributed by atoms with E-state index in [0.717, 1.165) is 27.0 Å². The average molecular weight is 502 g/mol. The van der Waals surface area contributed by atoms with Gasteiger partial charge in [0.2, 0.25) is 5.43 Å². The fourth-order valence-corrected chi connectivity index (χ4v) is 5.66. The first-order chi connectivity index (χ1) is 16.6. The summed E-state index contributed by atoms with van der Waals surface area (Å²) in [5, 5.41) is 12.2. The molecule has 0 saturated carbocycles. The molecule has 6 nitrogen and oxygen atoms in total. The molecule has 3 aromatic rings. The van der Waals surface area contributed by atoms with E-state index >= 15 is 0 Å². The Morgan fingerprint density at radius 3 is 2.60 bits per heavy atom. The minimum Gasteiger partial charge on any atom is -0.502 e. The maximum absolute atomic E-state index is 14.5. The summed E-state index contributed by atoms with van der Waals surface area (Å²) in [7, 11) is 0. The Bertz CT molecular complexity index is 1390. The van der Waals surface area contributed by atoms with Gasteiger partial charge in [-0.25, -0.2) is 13.2 Å². The van der Waals surface area contributed by atoms with Crippen molar-refractivity contribution >= 4 is 17.7 Å². The van der Waals surface area contributed by atoms with Gasteiger partial charge in [0.25, 0.3) is 11.8 Å². The summed E-state index contributed by atoms with van der Waals surface area (Å²) < 4.78 is 44.6. The van der Waals surface area contributed by atoms with Gasteiger partial charge in [0, 0.05) is 29.8 Å². The van der Waals surface area contributed by atoms with E-state index in [4.69, 9.17) is 0 Å². The summed E-state index contributed by atoms with van der Waals surface area (Å²) in [6.45, 7) is 1.65. The molecule has 182 valence electrons. The molecule has 2 aliphatic heterocycles. The second kappa shape index (κ2) is 8.37. The summed E-state index contributed by atoms with van der Waals surface area (Å²) in [4.78, 5) is 27.4. The van der Waals surface area contributed by atoms with Gasteiger partial charge in [-0.15, -0.1) is 11.8 Å². The maximum atomic E-state index is 14.5. The molecule has 35 heavy (non-hydrogen) atoms. The van der Waals surface area contributed by atoms with Gasteiger partial charge in [-0.05, 0) is 41.8 Å². The van der Waals surface area contributed by atoms with Crippen LogP contribution >= 0.6 is 11.8 Å². The molecule has 3 heterocycles. The van der Waals surface area contributed by atoms with Crippen LogP contribution < -0.4 is 10.4 Å². The summed E-state index contributed by atoms with van der Waals surface area (Å²) in [6, 6.07) is 10.8. The molecule has 0 fully saturated rings. The molecule has 0 bridgehead atoms. The highest BCUT2D eigenvalue weighted by Crippen LogP contribution is 2.43. The number of benzene rings is 2. The molecular formula is C25H22F3N3O3S. The highest BCUT2D eigenvalue weighted by molar-refractivity contribution is 7.98. The zero-order valence-corrected chi connectivity index (χ0v) is 19.7. The van der Waals surface area contributed by atoms with E-state index in [-0.39, 0.29) is 6.67 Å². The number of hydrogen-bond acceptors (Lipinski definition) is 5. The van der Waals surface area contributed by atoms with Crippen molar-refractivity contribution < 1.29 is 23.1 Å². The number of thioether (sulfide) groups is 1. The van der Waals surface area contributed by atoms with Crippen molar-refractivity contribution in [2.24, 2.45) is 0 Å². The van der Waals surface area contributed by atoms with Crippen LogP contribution in [0.25, 0.3) is 0 Å². The first-order valence-electron chi connectivity index (χ1n) is 11.0. The van der Waals surface area contributed by atoms with Crippen molar-refractivity contribution in [2.75, 3.05) is 11.7 Å². The second-order valence-electron chi connectivity index (χ2n) is 8.78. The van der Waals surface area contributed by atoms with E-state index < -0.39 is 46.6 Å². The van der Waals surface area contributed by atoms with Crippen molar-refractivity contribution in [3.05, 3.63) is 93.2 Å². The van der Waals surface area contributed by atoms with Gasteiger partial charge in [-0.2, -0.15) is 0 Å². The Morgan fingerprint density at radius 2 is 1.86 bits per heavy atom. The zero-order chi connectivity index (χ0) is 25.1. The van der Waals surface area contributed by atoms with Crippen LogP contribution in [0, 0.1) is 5.82 Å². The molecule has 10 heteroatoms. The number of pyridine rings is 1. The van der Waals surface area contributed by atoms with Crippen LogP contribution in [0.15, 0.2) is 64.4 Å². The fraction of sp³-hybridized carbons (Fsp3) is 0.280. The molecule has 2 aromatic carbocycles. The SMILES string of the molecule is C[C@H](N1CN([C@H]2c3cc(F)ccc3CSc3ccccc32)n2ccc(=O)c(O)c2C1=O)C(C)(F)F. The van der Waals surface area contributed by atoms with Crippen LogP contribution in [0.5, 0.6) is 5.75 Å². The summed E-state index contributed by atoms with van der Waals surface area (Å²) in [5.41, 5.74) is 1.03. The number of hydrogen-bond donors (Lipinski definition) is 1. The van der Waals surface area contributed by atoms with Gasteiger partial charge < -0.3 is 10.0 Å². The first kappa shape index (κ1) is 23.3. The predicted octanol–water partition coefficient (Wildman–Crippen LogP) is 4.48. The molecule has 5 rings (SSSR count). The van der Waals surface area contributed by atoms with Crippen LogP contribution in [0.3, 0.4) is 0 Å². The maximum Gasteiger partial charge on any atom is 0.278 e. The standard InChI is InChI=1S/C25H22F3N3O3S/c1-14(25(2,27)28)29-13-31(30-10-9-19(32)23(33)22(30)24(29)34)21-17-5-3-4-6-20(17)35-12-15-7-8-16(26)11-18(15)21/h3-11,14,21,33H,12-13H2,1-2H3/t14-,21+/m0/s1. The van der Waals surface area contributed by atoms with Gasteiger partial charge in [-0.3, -0.25) is 19.3 Å². The molecular weight excluding hydrogens is 479 g/mol. The van der Waals surface area contributed by atoms with E-state index in [9.17, 15) is 27.9 Å². The molecule has 1 amide bonds. The number of aromatic nitrogens is 1. The summed E-state index contributed by atoms with van der Waals surface area (Å²) in [5.74, 6) is -4.86. The Morgan fingerprint density at radius 1 is 1.11 bits per heavy atom. The topological polar surface area (TPSA) is 65.8 Å². The van der Waals surface area contributed by atoms with Crippen molar-refractivity contribution in [2.45, 2.75) is 42.5 Å². The number of nitrogens with zero attached hydrogens (tertiary/aromatic N) is 3. The number of carbonyl (C=O) groups is 1. The van der Waals surface area contributed by atoms with Crippen molar-refractivity contribution in [3.63, 3.8) is 0 Å². The number of alkyl halides is 2. The molecule has 0 aliphatic carbocycles. The zero-order valence-electron chi connectivity index (χ0n) is 18.9. The van der Waals surface area contributed by atoms with E-state index in [1.807, 2.05) is 24.3 Å². The van der Waals surface area contributed by atoms with Crippen LogP contribution in [0.2, 0.25) is 0 Å². The number of halogens is 3. The summed E-state index contributed by atoms with van der Waals surface area (Å²) in [6.07, 6.45) is 1.33. The van der Waals surface area contributed by atoms with Crippen LogP contribution in [0.1, 0.15) is 47.1 Å². The van der Waals surface area contributed by atoms with E-state index in [0.29, 0.717) is 18.2 Å². The minimum absolute atomic E-state index is 0.279. The van der Waals surface area contributed by atoms with Crippen molar-refractivity contribution in [1.82, 2.24) is 9.58 Å². The quantitative estimate of drug-likeness (QED) is 0.573. The molecule has 0 unspecified atom stereocenters. The molecule has 0 radical (unpaired) electrons. The highest BCUT2D eigenvalue weighted by Gasteiger charge is 2.45. The fourth-order valence-electron chi connectivity index (χ4n) is 4.57. The lowest BCUT2D eigenvalue weighted by Crippen LogP contribution is -2.60. The van der Waals surface area contributed by atoms with Crippen LogP contribution in [-0.4, -0.2) is 39.2 Å². The normalized spacial score (nSPS) is 18.4. The van der Waals surface area contributed by atoms with Gasteiger partial charge in [0.15, 0.2) is 11.4 Å². The second-order valence-corrected chi connectivity index (χ2v) is 9.80. The molecule has 0 saturated heterocycles. The lowest BCUT2D eigenvalue weighted by Gasteiger charge is -2.46. The van der Waals surface area contributed by atoms with E-state index in [1.165, 1.54) is 29.9 Å². The minimum atomic E-state index is -3.25. The van der Waals surface area contributed by atoms with Gasteiger partial charge >= 0.3 is 0 Å². The lowest BCUT2D eigenvalue weighted by atomic mass is 9.94. The van der Waals surface area contributed by atoms with Crippen molar-refractivity contribution in [1.29, 1.82) is 0 Å². The number of fused-ring (bicyclic) bond motifs is 3. The molecule has 2 aliphatic rings. The predicted molar refractivity (Wildman–Crippen MR) is 126 cm³/mol.